The van der Waals surface area contributed by atoms with Crippen molar-refractivity contribution in [2.75, 3.05) is 18.5 Å². The van der Waals surface area contributed by atoms with E-state index in [1.54, 1.807) is 23.5 Å². The molecule has 0 bridgehead atoms. The summed E-state index contributed by atoms with van der Waals surface area (Å²) in [6.45, 7) is 2.46. The summed E-state index contributed by atoms with van der Waals surface area (Å²) in [5.41, 5.74) is 2.68. The monoisotopic (exact) mass is 453 g/mol. The van der Waals surface area contributed by atoms with E-state index in [1.165, 1.54) is 24.7 Å². The molecule has 5 heterocycles. The van der Waals surface area contributed by atoms with Crippen LogP contribution in [0, 0.1) is 12.7 Å². The van der Waals surface area contributed by atoms with Crippen LogP contribution in [0.25, 0.3) is 16.8 Å². The molecular weight excluding hydrogens is 435 g/mol. The summed E-state index contributed by atoms with van der Waals surface area (Å²) in [5.74, 6) is 1.09. The molecule has 1 N–H and O–H groups in total. The minimum Gasteiger partial charge on any atom is -0.493 e. The van der Waals surface area contributed by atoms with E-state index in [-0.39, 0.29) is 36.0 Å². The van der Waals surface area contributed by atoms with Gasteiger partial charge in [0.2, 0.25) is 0 Å². The Kier molecular flexibility index (Phi) is 4.42. The van der Waals surface area contributed by atoms with Gasteiger partial charge in [0.25, 0.3) is 6.43 Å². The predicted octanol–water partition coefficient (Wildman–Crippen LogP) is 4.66. The highest BCUT2D eigenvalue weighted by Crippen LogP contribution is 2.42. The number of halogens is 3. The number of fused-ring (bicyclic) bond motifs is 3. The highest BCUT2D eigenvalue weighted by Gasteiger charge is 2.32. The van der Waals surface area contributed by atoms with E-state index in [1.807, 2.05) is 0 Å². The predicted molar refractivity (Wildman–Crippen MR) is 113 cm³/mol. The molecule has 0 unspecified atom stereocenters. The molecule has 4 aromatic rings. The Labute approximate surface area is 186 Å². The van der Waals surface area contributed by atoms with Gasteiger partial charge < -0.3 is 14.8 Å². The van der Waals surface area contributed by atoms with Crippen LogP contribution in [0.5, 0.6) is 11.5 Å². The number of nitrogens with zero attached hydrogens (tertiary/aromatic N) is 4. The van der Waals surface area contributed by atoms with Gasteiger partial charge in [-0.25, -0.2) is 13.2 Å². The number of nitrogens with one attached hydrogen (secondary N) is 1. The first-order valence-corrected chi connectivity index (χ1v) is 10.4. The molecule has 1 atom stereocenters. The first-order valence-electron chi connectivity index (χ1n) is 10.4. The molecule has 0 aliphatic carbocycles. The Hall–Kier alpha value is -3.82. The molecule has 0 spiro atoms. The van der Waals surface area contributed by atoms with E-state index in [9.17, 15) is 13.2 Å². The molecule has 6 rings (SSSR count). The quantitative estimate of drug-likeness (QED) is 0.476. The minimum absolute atomic E-state index is 0.147. The van der Waals surface area contributed by atoms with Crippen LogP contribution in [0.3, 0.4) is 0 Å². The molecule has 2 aliphatic rings. The van der Waals surface area contributed by atoms with Crippen molar-refractivity contribution in [2.24, 2.45) is 0 Å². The molecule has 2 aliphatic heterocycles. The average Bonchev–Trinajstić information content (AvgIpc) is 3.45. The SMILES string of the molecule is Cc1cc(C(F)F)c(-c2cc3c(n4cnnc24)NCc2c(F)ccc4c2[C@@H](CO4)CO3)cn1. The van der Waals surface area contributed by atoms with Crippen molar-refractivity contribution >= 4 is 11.5 Å². The number of anilines is 1. The van der Waals surface area contributed by atoms with Crippen LogP contribution in [-0.4, -0.2) is 32.8 Å². The third kappa shape index (κ3) is 3.08. The number of benzene rings is 1. The molecule has 0 saturated carbocycles. The smallest absolute Gasteiger partial charge is 0.264 e. The number of pyridine rings is 2. The summed E-state index contributed by atoms with van der Waals surface area (Å²) < 4.78 is 56.0. The fourth-order valence-electron chi connectivity index (χ4n) is 4.57. The third-order valence-corrected chi connectivity index (χ3v) is 6.12. The van der Waals surface area contributed by atoms with Crippen molar-refractivity contribution in [1.29, 1.82) is 0 Å². The van der Waals surface area contributed by atoms with Crippen LogP contribution in [0.1, 0.15) is 34.7 Å². The summed E-state index contributed by atoms with van der Waals surface area (Å²) in [6, 6.07) is 6.05. The summed E-state index contributed by atoms with van der Waals surface area (Å²) in [4.78, 5) is 4.21. The van der Waals surface area contributed by atoms with E-state index in [0.29, 0.717) is 46.4 Å². The second-order valence-corrected chi connectivity index (χ2v) is 8.12. The lowest BCUT2D eigenvalue weighted by Crippen LogP contribution is -2.13. The topological polar surface area (TPSA) is 73.6 Å². The molecule has 7 nitrogen and oxygen atoms in total. The Bertz CT molecular complexity index is 1400. The van der Waals surface area contributed by atoms with Gasteiger partial charge in [-0.05, 0) is 31.2 Å². The average molecular weight is 453 g/mol. The van der Waals surface area contributed by atoms with Crippen molar-refractivity contribution in [3.05, 3.63) is 65.0 Å². The minimum atomic E-state index is -2.69. The molecule has 33 heavy (non-hydrogen) atoms. The van der Waals surface area contributed by atoms with E-state index < -0.39 is 6.43 Å². The lowest BCUT2D eigenvalue weighted by atomic mass is 9.96. The Morgan fingerprint density at radius 3 is 2.76 bits per heavy atom. The van der Waals surface area contributed by atoms with Crippen molar-refractivity contribution in [3.8, 4) is 22.6 Å². The normalized spacial score (nSPS) is 16.8. The van der Waals surface area contributed by atoms with E-state index in [0.717, 1.165) is 5.56 Å². The highest BCUT2D eigenvalue weighted by atomic mass is 19.3. The fourth-order valence-corrected chi connectivity index (χ4v) is 4.57. The summed E-state index contributed by atoms with van der Waals surface area (Å²) in [5, 5.41) is 11.4. The van der Waals surface area contributed by atoms with Gasteiger partial charge in [-0.2, -0.15) is 0 Å². The molecule has 168 valence electrons. The largest absolute Gasteiger partial charge is 0.493 e. The van der Waals surface area contributed by atoms with Gasteiger partial charge in [0.15, 0.2) is 17.2 Å². The summed E-state index contributed by atoms with van der Waals surface area (Å²) >= 11 is 0. The maximum absolute atomic E-state index is 14.7. The van der Waals surface area contributed by atoms with E-state index in [4.69, 9.17) is 9.47 Å². The summed E-state index contributed by atoms with van der Waals surface area (Å²) in [7, 11) is 0. The number of aryl methyl sites for hydroxylation is 1. The Balaban J connectivity index is 1.53. The van der Waals surface area contributed by atoms with Crippen molar-refractivity contribution in [2.45, 2.75) is 25.8 Å². The zero-order valence-electron chi connectivity index (χ0n) is 17.5. The zero-order chi connectivity index (χ0) is 22.7. The van der Waals surface area contributed by atoms with Gasteiger partial charge in [-0.15, -0.1) is 10.2 Å². The fraction of sp³-hybridized carbons (Fsp3) is 0.261. The molecule has 1 aromatic carbocycles. The first kappa shape index (κ1) is 19.8. The van der Waals surface area contributed by atoms with Crippen molar-refractivity contribution in [3.63, 3.8) is 0 Å². The van der Waals surface area contributed by atoms with Crippen LogP contribution in [0.2, 0.25) is 0 Å². The van der Waals surface area contributed by atoms with Crippen LogP contribution < -0.4 is 14.8 Å². The highest BCUT2D eigenvalue weighted by molar-refractivity contribution is 5.83. The molecule has 10 heteroatoms. The summed E-state index contributed by atoms with van der Waals surface area (Å²) in [6.07, 6.45) is 0.189. The van der Waals surface area contributed by atoms with Crippen molar-refractivity contribution in [1.82, 2.24) is 19.6 Å². The standard InChI is InChI=1S/C23H18F3N5O2/c1-11-4-13(21(25)26)15(6-27-11)14-5-19-23(31-10-29-30-22(14)31)28-7-16-17(24)2-3-18-20(16)12(8-32-18)9-33-19/h2-6,10,12,21,28H,7-9H2,1H3/t12-/m0/s1. The van der Waals surface area contributed by atoms with Crippen molar-refractivity contribution < 1.29 is 22.6 Å². The number of hydrogen-bond donors (Lipinski definition) is 1. The van der Waals surface area contributed by atoms with Gasteiger partial charge in [-0.1, -0.05) is 0 Å². The molecule has 0 saturated heterocycles. The van der Waals surface area contributed by atoms with Gasteiger partial charge >= 0.3 is 0 Å². The van der Waals surface area contributed by atoms with E-state index in [2.05, 4.69) is 20.5 Å². The number of ether oxygens (including phenoxy) is 2. The first-order chi connectivity index (χ1) is 16.0. The molecule has 0 amide bonds. The lowest BCUT2D eigenvalue weighted by molar-refractivity contribution is 0.152. The number of alkyl halides is 2. The van der Waals surface area contributed by atoms with Gasteiger partial charge in [0.05, 0.1) is 19.1 Å². The molecular formula is C23H18F3N5O2. The van der Waals surface area contributed by atoms with Gasteiger partial charge in [0, 0.05) is 46.3 Å². The van der Waals surface area contributed by atoms with Gasteiger partial charge in [-0.3, -0.25) is 9.38 Å². The van der Waals surface area contributed by atoms with Crippen LogP contribution in [-0.2, 0) is 6.54 Å². The number of rotatable bonds is 2. The van der Waals surface area contributed by atoms with Gasteiger partial charge in [0.1, 0.15) is 17.9 Å². The number of aromatic nitrogens is 4. The van der Waals surface area contributed by atoms with E-state index >= 15 is 0 Å². The maximum Gasteiger partial charge on any atom is 0.264 e. The second-order valence-electron chi connectivity index (χ2n) is 8.12. The lowest BCUT2D eigenvalue weighted by Gasteiger charge is -2.17. The molecule has 0 radical (unpaired) electrons. The number of hydrogen-bond acceptors (Lipinski definition) is 6. The van der Waals surface area contributed by atoms with Crippen LogP contribution in [0.4, 0.5) is 19.0 Å². The van der Waals surface area contributed by atoms with Crippen LogP contribution in [0.15, 0.2) is 36.8 Å². The maximum atomic E-state index is 14.7. The second kappa shape index (κ2) is 7.36. The molecule has 0 fully saturated rings. The Morgan fingerprint density at radius 2 is 1.94 bits per heavy atom. The molecule has 3 aromatic heterocycles. The van der Waals surface area contributed by atoms with Crippen LogP contribution >= 0.6 is 0 Å². The third-order valence-electron chi connectivity index (χ3n) is 6.12. The zero-order valence-corrected chi connectivity index (χ0v) is 17.5. The Morgan fingerprint density at radius 1 is 1.12 bits per heavy atom.